The Hall–Kier alpha value is -0.900. The molecule has 1 aromatic heterocycles. The molecule has 1 saturated heterocycles. The van der Waals surface area contributed by atoms with Gasteiger partial charge in [0.15, 0.2) is 0 Å². The van der Waals surface area contributed by atoms with Gasteiger partial charge in [0, 0.05) is 23.8 Å². The second-order valence-corrected chi connectivity index (χ2v) is 5.52. The van der Waals surface area contributed by atoms with Crippen molar-refractivity contribution in [1.29, 1.82) is 0 Å². The van der Waals surface area contributed by atoms with Crippen LogP contribution in [0.5, 0.6) is 0 Å². The Kier molecular flexibility index (Phi) is 4.15. The summed E-state index contributed by atoms with van der Waals surface area (Å²) in [6, 6.07) is 3.69. The molecule has 0 saturated carbocycles. The number of halogens is 1. The largest absolute Gasteiger partial charge is 0.337 e. The van der Waals surface area contributed by atoms with Gasteiger partial charge in [-0.2, -0.15) is 0 Å². The molecule has 1 aliphatic rings. The highest BCUT2D eigenvalue weighted by Crippen LogP contribution is 2.20. The number of nitrogens with zero attached hydrogens (tertiary/aromatic N) is 2. The average Bonchev–Trinajstić information content (AvgIpc) is 2.54. The lowest BCUT2D eigenvalue weighted by Crippen LogP contribution is -2.32. The highest BCUT2D eigenvalue weighted by molar-refractivity contribution is 9.10. The monoisotopic (exact) mass is 296 g/mol. The van der Waals surface area contributed by atoms with E-state index in [-0.39, 0.29) is 5.91 Å². The SMILES string of the molecule is CC1CCCN(C(=O)c2ncccc2Br)CC1. The van der Waals surface area contributed by atoms with Gasteiger partial charge < -0.3 is 4.90 Å². The maximum Gasteiger partial charge on any atom is 0.273 e. The third kappa shape index (κ3) is 3.06. The zero-order chi connectivity index (χ0) is 12.3. The zero-order valence-electron chi connectivity index (χ0n) is 10.0. The summed E-state index contributed by atoms with van der Waals surface area (Å²) in [4.78, 5) is 18.4. The highest BCUT2D eigenvalue weighted by Gasteiger charge is 2.21. The minimum Gasteiger partial charge on any atom is -0.337 e. The Balaban J connectivity index is 2.12. The molecule has 1 amide bonds. The molecule has 1 aromatic rings. The van der Waals surface area contributed by atoms with E-state index < -0.39 is 0 Å². The van der Waals surface area contributed by atoms with Crippen LogP contribution in [0.25, 0.3) is 0 Å². The number of aromatic nitrogens is 1. The summed E-state index contributed by atoms with van der Waals surface area (Å²) in [5.41, 5.74) is 0.530. The number of hydrogen-bond donors (Lipinski definition) is 0. The standard InChI is InChI=1S/C13H17BrN2O/c1-10-4-3-8-16(9-6-10)13(17)12-11(14)5-2-7-15-12/h2,5,7,10H,3-4,6,8-9H2,1H3. The fourth-order valence-electron chi connectivity index (χ4n) is 2.16. The fraction of sp³-hybridized carbons (Fsp3) is 0.538. The normalized spacial score (nSPS) is 21.1. The fourth-order valence-corrected chi connectivity index (χ4v) is 2.58. The smallest absolute Gasteiger partial charge is 0.273 e. The van der Waals surface area contributed by atoms with Crippen LogP contribution in [0, 0.1) is 5.92 Å². The van der Waals surface area contributed by atoms with E-state index in [1.165, 1.54) is 6.42 Å². The van der Waals surface area contributed by atoms with E-state index in [0.29, 0.717) is 5.69 Å². The first-order chi connectivity index (χ1) is 8.18. The molecular weight excluding hydrogens is 280 g/mol. The quantitative estimate of drug-likeness (QED) is 0.798. The molecule has 3 nitrogen and oxygen atoms in total. The van der Waals surface area contributed by atoms with Gasteiger partial charge in [-0.3, -0.25) is 4.79 Å². The number of carbonyl (C=O) groups is 1. The second kappa shape index (κ2) is 5.63. The molecule has 92 valence electrons. The van der Waals surface area contributed by atoms with Crippen molar-refractivity contribution in [3.8, 4) is 0 Å². The molecule has 0 aromatic carbocycles. The van der Waals surface area contributed by atoms with Crippen LogP contribution in [0.15, 0.2) is 22.8 Å². The Morgan fingerprint density at radius 2 is 2.29 bits per heavy atom. The zero-order valence-corrected chi connectivity index (χ0v) is 11.6. The van der Waals surface area contributed by atoms with Gasteiger partial charge in [0.1, 0.15) is 5.69 Å². The second-order valence-electron chi connectivity index (χ2n) is 4.66. The van der Waals surface area contributed by atoms with Crippen molar-refractivity contribution in [2.75, 3.05) is 13.1 Å². The molecule has 1 unspecified atom stereocenters. The lowest BCUT2D eigenvalue weighted by molar-refractivity contribution is 0.0753. The maximum atomic E-state index is 12.3. The van der Waals surface area contributed by atoms with Gasteiger partial charge in [-0.1, -0.05) is 6.92 Å². The van der Waals surface area contributed by atoms with Gasteiger partial charge in [0.05, 0.1) is 0 Å². The summed E-state index contributed by atoms with van der Waals surface area (Å²) < 4.78 is 0.780. The van der Waals surface area contributed by atoms with Crippen molar-refractivity contribution in [2.45, 2.75) is 26.2 Å². The minimum absolute atomic E-state index is 0.0478. The summed E-state index contributed by atoms with van der Waals surface area (Å²) >= 11 is 3.38. The average molecular weight is 297 g/mol. The number of amides is 1. The Labute approximate surface area is 110 Å². The van der Waals surface area contributed by atoms with Crippen LogP contribution in [0.1, 0.15) is 36.7 Å². The van der Waals surface area contributed by atoms with Crippen molar-refractivity contribution >= 4 is 21.8 Å². The van der Waals surface area contributed by atoms with E-state index in [1.807, 2.05) is 17.0 Å². The first-order valence-electron chi connectivity index (χ1n) is 6.08. The molecule has 2 heterocycles. The van der Waals surface area contributed by atoms with Gasteiger partial charge in [0.2, 0.25) is 0 Å². The first-order valence-corrected chi connectivity index (χ1v) is 6.87. The van der Waals surface area contributed by atoms with Crippen LogP contribution in [-0.4, -0.2) is 28.9 Å². The lowest BCUT2D eigenvalue weighted by atomic mass is 10.0. The van der Waals surface area contributed by atoms with E-state index in [0.717, 1.165) is 36.3 Å². The van der Waals surface area contributed by atoms with Crippen LogP contribution in [-0.2, 0) is 0 Å². The molecule has 0 spiro atoms. The minimum atomic E-state index is 0.0478. The van der Waals surface area contributed by atoms with Crippen LogP contribution >= 0.6 is 15.9 Å². The summed E-state index contributed by atoms with van der Waals surface area (Å²) in [7, 11) is 0. The summed E-state index contributed by atoms with van der Waals surface area (Å²) in [5.74, 6) is 0.770. The van der Waals surface area contributed by atoms with Gasteiger partial charge in [0.25, 0.3) is 5.91 Å². The molecule has 2 rings (SSSR count). The van der Waals surface area contributed by atoms with Crippen LogP contribution in [0.3, 0.4) is 0 Å². The van der Waals surface area contributed by atoms with E-state index in [9.17, 15) is 4.79 Å². The third-order valence-corrected chi connectivity index (χ3v) is 3.90. The van der Waals surface area contributed by atoms with Crippen molar-refractivity contribution in [3.05, 3.63) is 28.5 Å². The van der Waals surface area contributed by atoms with E-state index in [4.69, 9.17) is 0 Å². The number of carbonyl (C=O) groups excluding carboxylic acids is 1. The molecule has 17 heavy (non-hydrogen) atoms. The Morgan fingerprint density at radius 3 is 3.06 bits per heavy atom. The van der Waals surface area contributed by atoms with Gasteiger partial charge >= 0.3 is 0 Å². The predicted molar refractivity (Wildman–Crippen MR) is 70.9 cm³/mol. The van der Waals surface area contributed by atoms with Crippen molar-refractivity contribution in [2.24, 2.45) is 5.92 Å². The molecule has 1 aliphatic heterocycles. The highest BCUT2D eigenvalue weighted by atomic mass is 79.9. The van der Waals surface area contributed by atoms with Gasteiger partial charge in [-0.15, -0.1) is 0 Å². The molecular formula is C13H17BrN2O. The molecule has 1 atom stereocenters. The summed E-state index contributed by atoms with van der Waals surface area (Å²) in [5, 5.41) is 0. The number of likely N-dealkylation sites (tertiary alicyclic amines) is 1. The Bertz CT molecular complexity index is 408. The molecule has 0 bridgehead atoms. The molecule has 0 radical (unpaired) electrons. The third-order valence-electron chi connectivity index (χ3n) is 3.27. The van der Waals surface area contributed by atoms with Crippen molar-refractivity contribution in [1.82, 2.24) is 9.88 Å². The topological polar surface area (TPSA) is 33.2 Å². The number of rotatable bonds is 1. The van der Waals surface area contributed by atoms with Crippen LogP contribution < -0.4 is 0 Å². The van der Waals surface area contributed by atoms with Crippen LogP contribution in [0.4, 0.5) is 0 Å². The summed E-state index contributed by atoms with van der Waals surface area (Å²) in [6.07, 6.45) is 5.07. The van der Waals surface area contributed by atoms with E-state index >= 15 is 0 Å². The Morgan fingerprint density at radius 1 is 1.47 bits per heavy atom. The first kappa shape index (κ1) is 12.6. The predicted octanol–water partition coefficient (Wildman–Crippen LogP) is 3.11. The maximum absolute atomic E-state index is 12.3. The van der Waals surface area contributed by atoms with Crippen LogP contribution in [0.2, 0.25) is 0 Å². The number of pyridine rings is 1. The van der Waals surface area contributed by atoms with E-state index in [1.54, 1.807) is 6.20 Å². The molecule has 0 aliphatic carbocycles. The van der Waals surface area contributed by atoms with Gasteiger partial charge in [-0.25, -0.2) is 4.98 Å². The van der Waals surface area contributed by atoms with Gasteiger partial charge in [-0.05, 0) is 53.2 Å². The molecule has 1 fully saturated rings. The molecule has 4 heteroatoms. The van der Waals surface area contributed by atoms with Crippen molar-refractivity contribution in [3.63, 3.8) is 0 Å². The number of hydrogen-bond acceptors (Lipinski definition) is 2. The summed E-state index contributed by atoms with van der Waals surface area (Å²) in [6.45, 7) is 3.96. The van der Waals surface area contributed by atoms with Crippen molar-refractivity contribution < 1.29 is 4.79 Å². The molecule has 0 N–H and O–H groups in total. The lowest BCUT2D eigenvalue weighted by Gasteiger charge is -2.20. The van der Waals surface area contributed by atoms with E-state index in [2.05, 4.69) is 27.8 Å².